The zero-order chi connectivity index (χ0) is 18.2. The minimum absolute atomic E-state index is 0.331. The van der Waals surface area contributed by atoms with Crippen molar-refractivity contribution in [2.45, 2.75) is 24.4 Å². The van der Waals surface area contributed by atoms with Crippen LogP contribution < -0.4 is 0 Å². The summed E-state index contributed by atoms with van der Waals surface area (Å²) in [5.74, 6) is -4.56. The smallest absolute Gasteiger partial charge is 0.335 e. The van der Waals surface area contributed by atoms with Gasteiger partial charge in [-0.15, -0.1) is 0 Å². The number of aliphatic hydroxyl groups excluding tert-OH is 4. The molecule has 1 rings (SSSR count). The highest BCUT2D eigenvalue weighted by molar-refractivity contribution is 5.87. The van der Waals surface area contributed by atoms with Crippen LogP contribution in [0.3, 0.4) is 0 Å². The minimum atomic E-state index is -2.36. The van der Waals surface area contributed by atoms with Gasteiger partial charge >= 0.3 is 17.9 Å². The molecule has 4 atom stereocenters. The summed E-state index contributed by atoms with van der Waals surface area (Å²) >= 11 is 0. The van der Waals surface area contributed by atoms with Gasteiger partial charge in [0.15, 0.2) is 12.2 Å². The van der Waals surface area contributed by atoms with E-state index in [0.29, 0.717) is 5.56 Å². The Morgan fingerprint density at radius 3 is 1.26 bits per heavy atom. The number of benzene rings is 1. The molecule has 0 aromatic heterocycles. The van der Waals surface area contributed by atoms with E-state index in [4.69, 9.17) is 35.7 Å². The second-order valence-electron chi connectivity index (χ2n) is 4.22. The maximum Gasteiger partial charge on any atom is 0.335 e. The number of hydrogen-bond acceptors (Lipinski definition) is 7. The van der Waals surface area contributed by atoms with Crippen LogP contribution in [0, 0.1) is 0 Å². The van der Waals surface area contributed by atoms with Crippen LogP contribution in [0.4, 0.5) is 0 Å². The molecule has 1 aromatic carbocycles. The highest BCUT2D eigenvalue weighted by Crippen LogP contribution is 2.05. The molecule has 0 radical (unpaired) electrons. The number of rotatable bonds is 6. The summed E-state index contributed by atoms with van der Waals surface area (Å²) < 4.78 is 0. The molecule has 0 fully saturated rings. The van der Waals surface area contributed by atoms with Crippen molar-refractivity contribution in [3.05, 3.63) is 35.9 Å². The third-order valence-corrected chi connectivity index (χ3v) is 2.52. The quantitative estimate of drug-likeness (QED) is 0.306. The van der Waals surface area contributed by atoms with Gasteiger partial charge in [0, 0.05) is 0 Å². The molecule has 0 bridgehead atoms. The minimum Gasteiger partial charge on any atom is -0.479 e. The number of carboxylic acids is 3. The molecular formula is C13H16O10. The van der Waals surface area contributed by atoms with Crippen molar-refractivity contribution in [1.82, 2.24) is 0 Å². The molecular weight excluding hydrogens is 316 g/mol. The van der Waals surface area contributed by atoms with E-state index >= 15 is 0 Å². The third-order valence-electron chi connectivity index (χ3n) is 2.52. The van der Waals surface area contributed by atoms with Crippen molar-refractivity contribution in [1.29, 1.82) is 0 Å². The fraction of sp³-hybridized carbons (Fsp3) is 0.308. The molecule has 128 valence electrons. The van der Waals surface area contributed by atoms with E-state index in [-0.39, 0.29) is 0 Å². The van der Waals surface area contributed by atoms with Gasteiger partial charge in [0.2, 0.25) is 0 Å². The molecule has 23 heavy (non-hydrogen) atoms. The molecule has 0 unspecified atom stereocenters. The predicted octanol–water partition coefficient (Wildman–Crippen LogP) is -2.02. The number of aliphatic carboxylic acids is 2. The van der Waals surface area contributed by atoms with Gasteiger partial charge in [-0.1, -0.05) is 18.2 Å². The fourth-order valence-corrected chi connectivity index (χ4v) is 1.25. The Morgan fingerprint density at radius 1 is 0.696 bits per heavy atom. The zero-order valence-electron chi connectivity index (χ0n) is 11.6. The molecule has 0 aliphatic carbocycles. The van der Waals surface area contributed by atoms with Crippen LogP contribution in [0.25, 0.3) is 0 Å². The van der Waals surface area contributed by atoms with Crippen LogP contribution in [0.5, 0.6) is 0 Å². The van der Waals surface area contributed by atoms with Crippen LogP contribution in [-0.4, -0.2) is 78.1 Å². The van der Waals surface area contributed by atoms with Gasteiger partial charge in [0.05, 0.1) is 5.56 Å². The number of carbonyl (C=O) groups is 3. The molecule has 0 aliphatic heterocycles. The van der Waals surface area contributed by atoms with Crippen molar-refractivity contribution in [3.8, 4) is 0 Å². The van der Waals surface area contributed by atoms with E-state index in [2.05, 4.69) is 0 Å². The third kappa shape index (κ3) is 6.84. The van der Waals surface area contributed by atoms with Crippen LogP contribution in [0.15, 0.2) is 30.3 Å². The summed E-state index contributed by atoms with van der Waals surface area (Å²) in [5.41, 5.74) is 0.331. The van der Waals surface area contributed by atoms with Gasteiger partial charge in [-0.25, -0.2) is 14.4 Å². The highest BCUT2D eigenvalue weighted by atomic mass is 16.4. The summed E-state index contributed by atoms with van der Waals surface area (Å²) in [5, 5.41) is 59.8. The lowest BCUT2D eigenvalue weighted by molar-refractivity contribution is -0.172. The van der Waals surface area contributed by atoms with Crippen molar-refractivity contribution in [2.24, 2.45) is 0 Å². The summed E-state index contributed by atoms with van der Waals surface area (Å²) in [6.45, 7) is 0. The molecule has 0 saturated carbocycles. The van der Waals surface area contributed by atoms with E-state index in [1.165, 1.54) is 0 Å². The average molecular weight is 332 g/mol. The zero-order valence-corrected chi connectivity index (χ0v) is 11.6. The van der Waals surface area contributed by atoms with Gasteiger partial charge in [-0.2, -0.15) is 0 Å². The molecule has 10 heteroatoms. The lowest BCUT2D eigenvalue weighted by Gasteiger charge is -2.21. The Morgan fingerprint density at radius 2 is 1.04 bits per heavy atom. The lowest BCUT2D eigenvalue weighted by Crippen LogP contribution is -2.49. The summed E-state index contributed by atoms with van der Waals surface area (Å²) in [6.07, 6.45) is -9.28. The van der Waals surface area contributed by atoms with E-state index in [1.807, 2.05) is 0 Å². The summed E-state index contributed by atoms with van der Waals surface area (Å²) in [4.78, 5) is 30.4. The van der Waals surface area contributed by atoms with Crippen molar-refractivity contribution < 1.29 is 50.1 Å². The molecule has 0 amide bonds. The standard InChI is InChI=1S/C7H6O2.C6H10O8/c8-7(9)6-4-2-1-3-5-6;7-1(3(9)5(11)12)2(8)4(10)6(13)14/h1-5H,(H,8,9);1-4,7-10H,(H,11,12)(H,13,14)/t;1-,2-,3-,4+/m.0/s1. The molecule has 7 N–H and O–H groups in total. The molecule has 0 saturated heterocycles. The summed E-state index contributed by atoms with van der Waals surface area (Å²) in [7, 11) is 0. The monoisotopic (exact) mass is 332 g/mol. The van der Waals surface area contributed by atoms with Gasteiger partial charge in [0.25, 0.3) is 0 Å². The van der Waals surface area contributed by atoms with Crippen molar-refractivity contribution >= 4 is 17.9 Å². The predicted molar refractivity (Wildman–Crippen MR) is 72.7 cm³/mol. The maximum atomic E-state index is 10.2. The van der Waals surface area contributed by atoms with Crippen LogP contribution in [0.2, 0.25) is 0 Å². The van der Waals surface area contributed by atoms with Gasteiger partial charge in [-0.05, 0) is 12.1 Å². The number of carboxylic acid groups (broad SMARTS) is 3. The Hall–Kier alpha value is -2.53. The lowest BCUT2D eigenvalue weighted by atomic mass is 10.0. The normalized spacial score (nSPS) is 15.3. The van der Waals surface area contributed by atoms with Crippen LogP contribution >= 0.6 is 0 Å². The van der Waals surface area contributed by atoms with Crippen molar-refractivity contribution in [3.63, 3.8) is 0 Å². The first kappa shape index (κ1) is 20.5. The average Bonchev–Trinajstić information content (AvgIpc) is 2.53. The highest BCUT2D eigenvalue weighted by Gasteiger charge is 2.37. The molecule has 0 heterocycles. The second-order valence-corrected chi connectivity index (χ2v) is 4.22. The first-order chi connectivity index (χ1) is 10.6. The second kappa shape index (κ2) is 9.48. The van der Waals surface area contributed by atoms with Crippen molar-refractivity contribution in [2.75, 3.05) is 0 Å². The maximum absolute atomic E-state index is 10.2. The Kier molecular flexibility index (Phi) is 8.44. The number of aliphatic hydroxyl groups is 4. The van der Waals surface area contributed by atoms with Gasteiger partial charge in [0.1, 0.15) is 12.2 Å². The summed E-state index contributed by atoms with van der Waals surface area (Å²) in [6, 6.07) is 8.30. The molecule has 0 aliphatic rings. The van der Waals surface area contributed by atoms with Gasteiger partial charge < -0.3 is 35.7 Å². The SMILES string of the molecule is O=C(O)[C@@H](O)[C@@H](O)[C@H](O)[C@@H](O)C(=O)O.O=C(O)c1ccccc1. The Balaban J connectivity index is 0.000000459. The van der Waals surface area contributed by atoms with E-state index < -0.39 is 42.3 Å². The van der Waals surface area contributed by atoms with Crippen LogP contribution in [0.1, 0.15) is 10.4 Å². The van der Waals surface area contributed by atoms with E-state index in [9.17, 15) is 14.4 Å². The Bertz CT molecular complexity index is 505. The van der Waals surface area contributed by atoms with E-state index in [0.717, 1.165) is 0 Å². The van der Waals surface area contributed by atoms with Gasteiger partial charge in [-0.3, -0.25) is 0 Å². The molecule has 10 nitrogen and oxygen atoms in total. The first-order valence-corrected chi connectivity index (χ1v) is 6.05. The van der Waals surface area contributed by atoms with E-state index in [1.54, 1.807) is 30.3 Å². The van der Waals surface area contributed by atoms with Crippen LogP contribution in [-0.2, 0) is 9.59 Å². The molecule has 1 aromatic rings. The number of hydrogen-bond donors (Lipinski definition) is 7. The fourth-order valence-electron chi connectivity index (χ4n) is 1.25. The Labute approximate surface area is 129 Å². The number of aromatic carboxylic acids is 1. The first-order valence-electron chi connectivity index (χ1n) is 6.05. The largest absolute Gasteiger partial charge is 0.479 e. The molecule has 0 spiro atoms. The topological polar surface area (TPSA) is 193 Å².